The molecule has 0 unspecified atom stereocenters. The number of ether oxygens (including phenoxy) is 1. The molecule has 1 atom stereocenters. The van der Waals surface area contributed by atoms with Crippen LogP contribution in [-0.2, 0) is 11.0 Å². The predicted molar refractivity (Wildman–Crippen MR) is 109 cm³/mol. The van der Waals surface area contributed by atoms with Gasteiger partial charge in [-0.2, -0.15) is 13.2 Å². The Morgan fingerprint density at radius 3 is 2.31 bits per heavy atom. The van der Waals surface area contributed by atoms with Gasteiger partial charge in [-0.1, -0.05) is 0 Å². The number of pyridine rings is 1. The Kier molecular flexibility index (Phi) is 6.37. The lowest BCUT2D eigenvalue weighted by molar-refractivity contribution is -0.137. The van der Waals surface area contributed by atoms with E-state index in [4.69, 9.17) is 10.5 Å². The fraction of sp³-hybridized carbons (Fsp3) is 0.190. The number of aromatic nitrogens is 3. The number of anilines is 1. The van der Waals surface area contributed by atoms with E-state index in [0.29, 0.717) is 17.5 Å². The van der Waals surface area contributed by atoms with Crippen LogP contribution in [0.15, 0.2) is 48.7 Å². The normalized spacial score (nSPS) is 12.2. The van der Waals surface area contributed by atoms with E-state index in [2.05, 4.69) is 20.3 Å². The highest BCUT2D eigenvalue weighted by Crippen LogP contribution is 2.30. The molecular formula is C21H18F3N5O3. The number of nitrogens with zero attached hydrogens (tertiary/aromatic N) is 3. The second-order valence-corrected chi connectivity index (χ2v) is 6.80. The molecular weight excluding hydrogens is 427 g/mol. The molecule has 0 saturated carbocycles. The second-order valence-electron chi connectivity index (χ2n) is 6.80. The van der Waals surface area contributed by atoms with Crippen LogP contribution < -0.4 is 15.8 Å². The SMILES string of the molecule is CC(=O)c1cc(N[C@@H](C)C(N)=O)nc(-c2ccc(Oc3ccc(C(F)(F)F)cn3)cc2)n1. The van der Waals surface area contributed by atoms with Gasteiger partial charge in [-0.25, -0.2) is 15.0 Å². The predicted octanol–water partition coefficient (Wildman–Crippen LogP) is 3.84. The molecule has 0 aliphatic rings. The third kappa shape index (κ3) is 5.56. The van der Waals surface area contributed by atoms with E-state index in [1.807, 2.05) is 0 Å². The Morgan fingerprint density at radius 1 is 1.09 bits per heavy atom. The molecule has 0 spiro atoms. The van der Waals surface area contributed by atoms with Crippen molar-refractivity contribution in [2.45, 2.75) is 26.1 Å². The lowest BCUT2D eigenvalue weighted by Crippen LogP contribution is -2.32. The Balaban J connectivity index is 1.82. The number of nitrogens with one attached hydrogen (secondary N) is 1. The summed E-state index contributed by atoms with van der Waals surface area (Å²) in [6, 6.07) is 9.02. The van der Waals surface area contributed by atoms with Crippen molar-refractivity contribution in [2.75, 3.05) is 5.32 Å². The average molecular weight is 445 g/mol. The van der Waals surface area contributed by atoms with Gasteiger partial charge < -0.3 is 15.8 Å². The van der Waals surface area contributed by atoms with E-state index in [-0.39, 0.29) is 29.0 Å². The van der Waals surface area contributed by atoms with Gasteiger partial charge in [-0.15, -0.1) is 0 Å². The van der Waals surface area contributed by atoms with Gasteiger partial charge in [0.2, 0.25) is 11.8 Å². The number of rotatable bonds is 7. The first-order valence-corrected chi connectivity index (χ1v) is 9.30. The van der Waals surface area contributed by atoms with Crippen LogP contribution in [0, 0.1) is 0 Å². The zero-order valence-corrected chi connectivity index (χ0v) is 17.0. The molecule has 166 valence electrons. The molecule has 0 bridgehead atoms. The van der Waals surface area contributed by atoms with Crippen LogP contribution in [0.25, 0.3) is 11.4 Å². The lowest BCUT2D eigenvalue weighted by atomic mass is 10.2. The average Bonchev–Trinajstić information content (AvgIpc) is 2.73. The monoisotopic (exact) mass is 445 g/mol. The van der Waals surface area contributed by atoms with Gasteiger partial charge >= 0.3 is 6.18 Å². The molecule has 3 rings (SSSR count). The third-order valence-corrected chi connectivity index (χ3v) is 4.28. The third-order valence-electron chi connectivity index (χ3n) is 4.28. The van der Waals surface area contributed by atoms with E-state index >= 15 is 0 Å². The minimum Gasteiger partial charge on any atom is -0.439 e. The number of Topliss-reactive ketones (excluding diaryl/α,β-unsaturated/α-hetero) is 1. The molecule has 2 aromatic heterocycles. The summed E-state index contributed by atoms with van der Waals surface area (Å²) >= 11 is 0. The van der Waals surface area contributed by atoms with Crippen molar-refractivity contribution in [3.63, 3.8) is 0 Å². The molecule has 3 N–H and O–H groups in total. The van der Waals surface area contributed by atoms with Crippen molar-refractivity contribution in [2.24, 2.45) is 5.73 Å². The fourth-order valence-corrected chi connectivity index (χ4v) is 2.52. The van der Waals surface area contributed by atoms with Crippen LogP contribution >= 0.6 is 0 Å². The van der Waals surface area contributed by atoms with Crippen LogP contribution in [0.2, 0.25) is 0 Å². The van der Waals surface area contributed by atoms with Crippen molar-refractivity contribution in [3.8, 4) is 23.0 Å². The quantitative estimate of drug-likeness (QED) is 0.530. The topological polar surface area (TPSA) is 120 Å². The van der Waals surface area contributed by atoms with Crippen LogP contribution in [0.3, 0.4) is 0 Å². The first-order chi connectivity index (χ1) is 15.0. The molecule has 3 aromatic rings. The molecule has 1 amide bonds. The summed E-state index contributed by atoms with van der Waals surface area (Å²) in [4.78, 5) is 35.3. The van der Waals surface area contributed by atoms with E-state index in [1.165, 1.54) is 13.0 Å². The van der Waals surface area contributed by atoms with E-state index < -0.39 is 23.7 Å². The molecule has 2 heterocycles. The summed E-state index contributed by atoms with van der Waals surface area (Å²) in [6.07, 6.45) is -3.79. The summed E-state index contributed by atoms with van der Waals surface area (Å²) in [5.41, 5.74) is 5.06. The maximum absolute atomic E-state index is 12.6. The number of nitrogens with two attached hydrogens (primary N) is 1. The van der Waals surface area contributed by atoms with Crippen molar-refractivity contribution in [3.05, 3.63) is 59.9 Å². The summed E-state index contributed by atoms with van der Waals surface area (Å²) in [5, 5.41) is 2.81. The lowest BCUT2D eigenvalue weighted by Gasteiger charge is -2.13. The zero-order chi connectivity index (χ0) is 23.5. The number of alkyl halides is 3. The van der Waals surface area contributed by atoms with Crippen LogP contribution in [-0.4, -0.2) is 32.7 Å². The number of carbonyl (C=O) groups excluding carboxylic acids is 2. The zero-order valence-electron chi connectivity index (χ0n) is 17.0. The van der Waals surface area contributed by atoms with Crippen molar-refractivity contribution >= 4 is 17.5 Å². The number of amides is 1. The first-order valence-electron chi connectivity index (χ1n) is 9.30. The van der Waals surface area contributed by atoms with Crippen LogP contribution in [0.1, 0.15) is 29.9 Å². The maximum atomic E-state index is 12.6. The van der Waals surface area contributed by atoms with Gasteiger partial charge in [-0.3, -0.25) is 9.59 Å². The van der Waals surface area contributed by atoms with E-state index in [0.717, 1.165) is 12.1 Å². The number of carbonyl (C=O) groups is 2. The molecule has 8 nitrogen and oxygen atoms in total. The van der Waals surface area contributed by atoms with E-state index in [1.54, 1.807) is 31.2 Å². The number of hydrogen-bond donors (Lipinski definition) is 2. The van der Waals surface area contributed by atoms with Crippen LogP contribution in [0.5, 0.6) is 11.6 Å². The molecule has 32 heavy (non-hydrogen) atoms. The number of ketones is 1. The molecule has 0 saturated heterocycles. The first kappa shape index (κ1) is 22.7. The standard InChI is InChI=1S/C21H18F3N5O3/c1-11(19(25)31)27-17-9-16(12(2)30)28-20(29-17)13-3-6-15(7-4-13)32-18-8-5-14(10-26-18)21(22,23)24/h3-11H,1-2H3,(H2,25,31)(H,27,28,29)/t11-/m0/s1. The van der Waals surface area contributed by atoms with Gasteiger partial charge in [0.1, 0.15) is 23.3 Å². The molecule has 11 heteroatoms. The highest BCUT2D eigenvalue weighted by atomic mass is 19.4. The molecule has 0 aliphatic heterocycles. The Bertz CT molecular complexity index is 1130. The molecule has 0 aliphatic carbocycles. The second kappa shape index (κ2) is 9.00. The summed E-state index contributed by atoms with van der Waals surface area (Å²) in [6.45, 7) is 2.90. The number of halogens is 3. The summed E-state index contributed by atoms with van der Waals surface area (Å²) < 4.78 is 43.3. The summed E-state index contributed by atoms with van der Waals surface area (Å²) in [7, 11) is 0. The van der Waals surface area contributed by atoms with Gasteiger partial charge in [0.15, 0.2) is 11.6 Å². The van der Waals surface area contributed by atoms with Crippen LogP contribution in [0.4, 0.5) is 19.0 Å². The van der Waals surface area contributed by atoms with Crippen molar-refractivity contribution < 1.29 is 27.5 Å². The fourth-order valence-electron chi connectivity index (χ4n) is 2.52. The highest BCUT2D eigenvalue weighted by Gasteiger charge is 2.30. The number of primary amides is 1. The van der Waals surface area contributed by atoms with Crippen molar-refractivity contribution in [1.82, 2.24) is 15.0 Å². The highest BCUT2D eigenvalue weighted by molar-refractivity contribution is 5.93. The Morgan fingerprint density at radius 2 is 1.78 bits per heavy atom. The minimum absolute atomic E-state index is 0.00694. The van der Waals surface area contributed by atoms with Gasteiger partial charge in [-0.05, 0) is 37.3 Å². The molecule has 0 radical (unpaired) electrons. The largest absolute Gasteiger partial charge is 0.439 e. The Hall–Kier alpha value is -4.02. The van der Waals surface area contributed by atoms with Gasteiger partial charge in [0, 0.05) is 30.8 Å². The van der Waals surface area contributed by atoms with Crippen molar-refractivity contribution in [1.29, 1.82) is 0 Å². The van der Waals surface area contributed by atoms with Gasteiger partial charge in [0.25, 0.3) is 0 Å². The smallest absolute Gasteiger partial charge is 0.417 e. The summed E-state index contributed by atoms with van der Waals surface area (Å²) in [5.74, 6) is -0.0986. The molecule has 0 fully saturated rings. The number of hydrogen-bond acceptors (Lipinski definition) is 7. The van der Waals surface area contributed by atoms with Gasteiger partial charge in [0.05, 0.1) is 5.56 Å². The molecule has 1 aromatic carbocycles. The number of benzene rings is 1. The Labute approximate surface area is 180 Å². The maximum Gasteiger partial charge on any atom is 0.417 e. The van der Waals surface area contributed by atoms with E-state index in [9.17, 15) is 22.8 Å². The minimum atomic E-state index is -4.48.